The van der Waals surface area contributed by atoms with Gasteiger partial charge in [-0.2, -0.15) is 0 Å². The van der Waals surface area contributed by atoms with E-state index in [0.29, 0.717) is 11.1 Å². The van der Waals surface area contributed by atoms with Crippen molar-refractivity contribution in [1.82, 2.24) is 9.80 Å². The summed E-state index contributed by atoms with van der Waals surface area (Å²) in [6.45, 7) is 0. The maximum absolute atomic E-state index is 15.1. The minimum atomic E-state index is -1.55. The Labute approximate surface area is 286 Å². The Bertz CT molecular complexity index is 1760. The molecule has 1 aliphatic carbocycles. The third kappa shape index (κ3) is 5.08. The second kappa shape index (κ2) is 12.6. The smallest absolute Gasteiger partial charge is 0.340 e. The first-order valence-electron chi connectivity index (χ1n) is 15.6. The maximum Gasteiger partial charge on any atom is 0.340 e. The molecule has 0 bridgehead atoms. The summed E-state index contributed by atoms with van der Waals surface area (Å²) >= 11 is 2.50. The van der Waals surface area contributed by atoms with Gasteiger partial charge in [0.15, 0.2) is 15.8 Å². The molecular formula is C36H34N2O8S2. The van der Waals surface area contributed by atoms with Gasteiger partial charge in [0.2, 0.25) is 0 Å². The Kier molecular flexibility index (Phi) is 8.51. The fourth-order valence-electron chi connectivity index (χ4n) is 7.41. The number of hydrogen-bond acceptors (Lipinski definition) is 10. The molecule has 2 amide bonds. The van der Waals surface area contributed by atoms with E-state index in [-0.39, 0.29) is 31.1 Å². The van der Waals surface area contributed by atoms with Crippen molar-refractivity contribution in [3.8, 4) is 0 Å². The number of rotatable bonds is 8. The lowest BCUT2D eigenvalue weighted by atomic mass is 9.96. The Morgan fingerprint density at radius 1 is 0.875 bits per heavy atom. The lowest BCUT2D eigenvalue weighted by molar-refractivity contribution is -0.173. The van der Waals surface area contributed by atoms with Crippen LogP contribution in [-0.2, 0) is 39.8 Å². The molecule has 5 aliphatic rings. The number of ether oxygens (including phenoxy) is 3. The first-order valence-corrected chi connectivity index (χ1v) is 18.0. The van der Waals surface area contributed by atoms with Gasteiger partial charge in [0.25, 0.3) is 11.8 Å². The molecule has 3 fully saturated rings. The van der Waals surface area contributed by atoms with Crippen molar-refractivity contribution in [2.75, 3.05) is 12.5 Å². The van der Waals surface area contributed by atoms with Gasteiger partial charge in [-0.25, -0.2) is 4.79 Å². The molecule has 0 aromatic heterocycles. The number of carbonyl (C=O) groups is 4. The van der Waals surface area contributed by atoms with Crippen LogP contribution in [0, 0.1) is 0 Å². The third-order valence-electron chi connectivity index (χ3n) is 9.61. The van der Waals surface area contributed by atoms with E-state index in [2.05, 4.69) is 0 Å². The number of benzene rings is 2. The molecule has 3 saturated heterocycles. The van der Waals surface area contributed by atoms with Crippen LogP contribution in [0.2, 0.25) is 0 Å². The number of fused-ring (bicyclic) bond motifs is 6. The van der Waals surface area contributed by atoms with Gasteiger partial charge in [0.1, 0.15) is 12.2 Å². The van der Waals surface area contributed by atoms with Gasteiger partial charge < -0.3 is 29.1 Å². The molecular weight excluding hydrogens is 653 g/mol. The molecule has 2 aromatic rings. The fourth-order valence-corrected chi connectivity index (χ4v) is 9.37. The SMILES string of the molecule is CSC12CC3=CC=CC(OC(=O)Cc4ccccc4)C3N1C(=O)C1(SC)CC3=COC=CC(OC(=O)C(O)c4ccccc4)C3N1C2=O. The van der Waals surface area contributed by atoms with E-state index in [1.54, 1.807) is 64.8 Å². The summed E-state index contributed by atoms with van der Waals surface area (Å²) in [5, 5.41) is 10.8. The molecule has 0 spiro atoms. The minimum Gasteiger partial charge on any atom is -0.473 e. The lowest BCUT2D eigenvalue weighted by Gasteiger charge is -2.54. The van der Waals surface area contributed by atoms with Crippen LogP contribution in [0.5, 0.6) is 0 Å². The Hall–Kier alpha value is -4.26. The molecule has 12 heteroatoms. The van der Waals surface area contributed by atoms with Crippen molar-refractivity contribution in [2.24, 2.45) is 0 Å². The van der Waals surface area contributed by atoms with Crippen LogP contribution in [-0.4, -0.2) is 85.2 Å². The molecule has 48 heavy (non-hydrogen) atoms. The monoisotopic (exact) mass is 686 g/mol. The molecule has 7 rings (SSSR count). The van der Waals surface area contributed by atoms with Crippen LogP contribution >= 0.6 is 23.5 Å². The van der Waals surface area contributed by atoms with Crippen molar-refractivity contribution in [3.05, 3.63) is 120 Å². The summed E-state index contributed by atoms with van der Waals surface area (Å²) < 4.78 is 17.5. The van der Waals surface area contributed by atoms with E-state index in [9.17, 15) is 14.7 Å². The topological polar surface area (TPSA) is 123 Å². The Morgan fingerprint density at radius 2 is 1.46 bits per heavy atom. The second-order valence-corrected chi connectivity index (χ2v) is 14.4. The van der Waals surface area contributed by atoms with Gasteiger partial charge in [0, 0.05) is 12.8 Å². The second-order valence-electron chi connectivity index (χ2n) is 12.2. The highest BCUT2D eigenvalue weighted by Crippen LogP contribution is 2.59. The number of thioether (sulfide) groups is 2. The zero-order valence-corrected chi connectivity index (χ0v) is 27.9. The van der Waals surface area contributed by atoms with E-state index in [0.717, 1.165) is 11.1 Å². The molecule has 4 heterocycles. The summed E-state index contributed by atoms with van der Waals surface area (Å²) in [7, 11) is 0. The van der Waals surface area contributed by atoms with Gasteiger partial charge in [-0.05, 0) is 46.9 Å². The molecule has 1 N–H and O–H groups in total. The highest BCUT2D eigenvalue weighted by Gasteiger charge is 2.73. The van der Waals surface area contributed by atoms with E-state index in [1.165, 1.54) is 42.1 Å². The highest BCUT2D eigenvalue weighted by molar-refractivity contribution is 8.01. The Morgan fingerprint density at radius 3 is 2.10 bits per heavy atom. The van der Waals surface area contributed by atoms with Crippen molar-refractivity contribution < 1.29 is 38.5 Å². The quantitative estimate of drug-likeness (QED) is 0.407. The third-order valence-corrected chi connectivity index (χ3v) is 12.0. The van der Waals surface area contributed by atoms with Crippen LogP contribution in [0.4, 0.5) is 0 Å². The first kappa shape index (κ1) is 32.3. The van der Waals surface area contributed by atoms with Crippen LogP contribution in [0.1, 0.15) is 30.1 Å². The number of esters is 2. The van der Waals surface area contributed by atoms with Gasteiger partial charge >= 0.3 is 11.9 Å². The van der Waals surface area contributed by atoms with Gasteiger partial charge in [-0.1, -0.05) is 72.8 Å². The largest absolute Gasteiger partial charge is 0.473 e. The summed E-state index contributed by atoms with van der Waals surface area (Å²) in [4.78, 5) is 57.0. The average Bonchev–Trinajstić information content (AvgIpc) is 3.57. The summed E-state index contributed by atoms with van der Waals surface area (Å²) in [5.41, 5.74) is 2.60. The number of aliphatic hydroxyl groups is 1. The predicted octanol–water partition coefficient (Wildman–Crippen LogP) is 4.04. The number of amides is 2. The first-order chi connectivity index (χ1) is 23.2. The van der Waals surface area contributed by atoms with Gasteiger partial charge in [0.05, 0.1) is 31.0 Å². The lowest BCUT2D eigenvalue weighted by Crippen LogP contribution is -2.74. The fraction of sp³-hybridized carbons (Fsp3) is 0.333. The number of piperazine rings is 1. The summed E-state index contributed by atoms with van der Waals surface area (Å²) in [5.74, 6) is -1.94. The maximum atomic E-state index is 15.1. The van der Waals surface area contributed by atoms with E-state index in [1.807, 2.05) is 36.4 Å². The molecule has 7 atom stereocenters. The Balaban J connectivity index is 1.22. The molecule has 0 saturated carbocycles. The summed E-state index contributed by atoms with van der Waals surface area (Å²) in [6, 6.07) is 16.2. The van der Waals surface area contributed by atoms with Crippen LogP contribution in [0.25, 0.3) is 0 Å². The van der Waals surface area contributed by atoms with Crippen LogP contribution in [0.3, 0.4) is 0 Å². The molecule has 248 valence electrons. The minimum absolute atomic E-state index is 0.0719. The van der Waals surface area contributed by atoms with Crippen LogP contribution in [0.15, 0.2) is 109 Å². The van der Waals surface area contributed by atoms with Crippen molar-refractivity contribution in [1.29, 1.82) is 0 Å². The number of nitrogens with zero attached hydrogens (tertiary/aromatic N) is 2. The van der Waals surface area contributed by atoms with Gasteiger partial charge in [-0.3, -0.25) is 14.4 Å². The van der Waals surface area contributed by atoms with E-state index >= 15 is 9.59 Å². The predicted molar refractivity (Wildman–Crippen MR) is 180 cm³/mol. The zero-order chi connectivity index (χ0) is 33.6. The average molecular weight is 687 g/mol. The van der Waals surface area contributed by atoms with Crippen LogP contribution < -0.4 is 0 Å². The molecule has 4 aliphatic heterocycles. The van der Waals surface area contributed by atoms with E-state index < -0.39 is 52.1 Å². The van der Waals surface area contributed by atoms with Crippen molar-refractivity contribution in [3.63, 3.8) is 0 Å². The highest BCUT2D eigenvalue weighted by atomic mass is 32.2. The summed E-state index contributed by atoms with van der Waals surface area (Å²) in [6.07, 6.45) is 10.5. The van der Waals surface area contributed by atoms with Gasteiger partial charge in [-0.15, -0.1) is 23.5 Å². The number of hydrogen-bond donors (Lipinski definition) is 1. The molecule has 7 unspecified atom stereocenters. The molecule has 0 radical (unpaired) electrons. The normalized spacial score (nSPS) is 30.6. The zero-order valence-electron chi connectivity index (χ0n) is 26.3. The number of carbonyl (C=O) groups excluding carboxylic acids is 4. The van der Waals surface area contributed by atoms with Crippen molar-refractivity contribution in [2.45, 2.75) is 59.4 Å². The number of aliphatic hydroxyl groups excluding tert-OH is 1. The van der Waals surface area contributed by atoms with E-state index in [4.69, 9.17) is 14.2 Å². The molecule has 2 aromatic carbocycles. The standard InChI is InChI=1S/C36H34N2O8S2/c1-47-35-19-24-14-9-15-26(45-28(39)18-22-10-5-3-6-11-22)29(24)37(35)34(43)36(48-2)20-25-21-44-17-16-27(30(25)38(36)33(35)42)46-32(41)31(40)23-12-7-4-8-13-23/h3-17,21,26-27,29-31,40H,18-20H2,1-2H3. The van der Waals surface area contributed by atoms with Crippen molar-refractivity contribution >= 4 is 47.3 Å². The molecule has 10 nitrogen and oxygen atoms in total. The number of allylic oxidation sites excluding steroid dienone is 2.